The van der Waals surface area contributed by atoms with Gasteiger partial charge in [-0.05, 0) is 50.5 Å². The lowest BCUT2D eigenvalue weighted by molar-refractivity contribution is -0.138. The topological polar surface area (TPSA) is 49.4 Å². The minimum Gasteiger partial charge on any atom is -0.354 e. The van der Waals surface area contributed by atoms with E-state index in [9.17, 15) is 9.59 Å². The van der Waals surface area contributed by atoms with Crippen LogP contribution in [-0.2, 0) is 16.1 Å². The predicted molar refractivity (Wildman–Crippen MR) is 116 cm³/mol. The Balaban J connectivity index is 2.13. The van der Waals surface area contributed by atoms with E-state index < -0.39 is 6.04 Å². The van der Waals surface area contributed by atoms with Crippen molar-refractivity contribution in [1.29, 1.82) is 0 Å². The molecule has 0 fully saturated rings. The molecular weight excluding hydrogens is 368 g/mol. The SMILES string of the molecule is CCCNC(=O)[C@@H](C)N(Cc1ccccc1C)C(=O)CSc1ccc(C)cc1. The van der Waals surface area contributed by atoms with Crippen LogP contribution >= 0.6 is 11.8 Å². The Hall–Kier alpha value is -2.27. The number of carbonyl (C=O) groups excluding carboxylic acids is 2. The lowest BCUT2D eigenvalue weighted by Crippen LogP contribution is -2.48. The molecule has 0 aliphatic heterocycles. The van der Waals surface area contributed by atoms with Crippen molar-refractivity contribution in [3.05, 3.63) is 65.2 Å². The van der Waals surface area contributed by atoms with Gasteiger partial charge in [0.1, 0.15) is 6.04 Å². The van der Waals surface area contributed by atoms with Gasteiger partial charge in [0.2, 0.25) is 11.8 Å². The molecule has 0 radical (unpaired) electrons. The molecular formula is C23H30N2O2S. The highest BCUT2D eigenvalue weighted by Gasteiger charge is 2.26. The number of carbonyl (C=O) groups is 2. The molecule has 0 aliphatic rings. The molecule has 5 heteroatoms. The van der Waals surface area contributed by atoms with E-state index in [2.05, 4.69) is 5.32 Å². The van der Waals surface area contributed by atoms with Crippen LogP contribution in [0.15, 0.2) is 53.4 Å². The number of rotatable bonds is 9. The van der Waals surface area contributed by atoms with E-state index >= 15 is 0 Å². The van der Waals surface area contributed by atoms with Crippen LogP contribution < -0.4 is 5.32 Å². The van der Waals surface area contributed by atoms with Crippen LogP contribution in [-0.4, -0.2) is 35.1 Å². The standard InChI is InChI=1S/C23H30N2O2S/c1-5-14-24-23(27)19(4)25(15-20-9-7-6-8-18(20)3)22(26)16-28-21-12-10-17(2)11-13-21/h6-13,19H,5,14-16H2,1-4H3,(H,24,27)/t19-/m1/s1. The molecule has 0 saturated carbocycles. The highest BCUT2D eigenvalue weighted by Crippen LogP contribution is 2.21. The van der Waals surface area contributed by atoms with Gasteiger partial charge in [0.25, 0.3) is 0 Å². The van der Waals surface area contributed by atoms with E-state index in [1.807, 2.05) is 69.3 Å². The summed E-state index contributed by atoms with van der Waals surface area (Å²) in [5.74, 6) is 0.164. The Labute approximate surface area is 172 Å². The van der Waals surface area contributed by atoms with Gasteiger partial charge in [0, 0.05) is 18.0 Å². The summed E-state index contributed by atoms with van der Waals surface area (Å²) in [4.78, 5) is 28.3. The minimum atomic E-state index is -0.516. The second kappa shape index (κ2) is 10.9. The number of nitrogens with one attached hydrogen (secondary N) is 1. The van der Waals surface area contributed by atoms with Crippen LogP contribution in [0.5, 0.6) is 0 Å². The molecule has 0 aliphatic carbocycles. The maximum absolute atomic E-state index is 13.0. The summed E-state index contributed by atoms with van der Waals surface area (Å²) in [5.41, 5.74) is 3.37. The third-order valence-corrected chi connectivity index (χ3v) is 5.70. The zero-order valence-corrected chi connectivity index (χ0v) is 18.0. The maximum Gasteiger partial charge on any atom is 0.242 e. The Morgan fingerprint density at radius 2 is 1.75 bits per heavy atom. The summed E-state index contributed by atoms with van der Waals surface area (Å²) in [6, 6.07) is 15.6. The molecule has 0 aromatic heterocycles. The molecule has 0 saturated heterocycles. The number of benzene rings is 2. The molecule has 0 unspecified atom stereocenters. The fourth-order valence-corrected chi connectivity index (χ4v) is 3.60. The number of aryl methyl sites for hydroxylation is 2. The third-order valence-electron chi connectivity index (χ3n) is 4.70. The van der Waals surface area contributed by atoms with Gasteiger partial charge in [-0.25, -0.2) is 0 Å². The van der Waals surface area contributed by atoms with Gasteiger partial charge in [-0.2, -0.15) is 0 Å². The van der Waals surface area contributed by atoms with Crippen LogP contribution in [0.25, 0.3) is 0 Å². The maximum atomic E-state index is 13.0. The fourth-order valence-electron chi connectivity index (χ4n) is 2.81. The van der Waals surface area contributed by atoms with Crippen molar-refractivity contribution in [3.63, 3.8) is 0 Å². The van der Waals surface area contributed by atoms with Gasteiger partial charge >= 0.3 is 0 Å². The quantitative estimate of drug-likeness (QED) is 0.639. The molecule has 0 heterocycles. The molecule has 2 aromatic rings. The summed E-state index contributed by atoms with van der Waals surface area (Å²) < 4.78 is 0. The largest absolute Gasteiger partial charge is 0.354 e. The van der Waals surface area contributed by atoms with Crippen LogP contribution in [0.2, 0.25) is 0 Å². The Kier molecular flexibility index (Phi) is 8.58. The van der Waals surface area contributed by atoms with Crippen molar-refractivity contribution >= 4 is 23.6 Å². The minimum absolute atomic E-state index is 0.0343. The zero-order chi connectivity index (χ0) is 20.5. The summed E-state index contributed by atoms with van der Waals surface area (Å²) in [6.45, 7) is 8.94. The van der Waals surface area contributed by atoms with Crippen molar-refractivity contribution in [2.45, 2.75) is 51.6 Å². The van der Waals surface area contributed by atoms with Gasteiger partial charge in [0.05, 0.1) is 5.75 Å². The van der Waals surface area contributed by atoms with Crippen molar-refractivity contribution in [3.8, 4) is 0 Å². The summed E-state index contributed by atoms with van der Waals surface area (Å²) in [5, 5.41) is 2.91. The highest BCUT2D eigenvalue weighted by atomic mass is 32.2. The molecule has 2 amide bonds. The average Bonchev–Trinajstić information content (AvgIpc) is 2.70. The second-order valence-corrected chi connectivity index (χ2v) is 8.07. The summed E-state index contributed by atoms with van der Waals surface area (Å²) >= 11 is 1.50. The van der Waals surface area contributed by atoms with Gasteiger partial charge in [0.15, 0.2) is 0 Å². The van der Waals surface area contributed by atoms with E-state index in [0.717, 1.165) is 22.4 Å². The van der Waals surface area contributed by atoms with Crippen LogP contribution in [0.1, 0.15) is 37.0 Å². The van der Waals surface area contributed by atoms with E-state index in [4.69, 9.17) is 0 Å². The van der Waals surface area contributed by atoms with Crippen molar-refractivity contribution in [2.75, 3.05) is 12.3 Å². The number of hydrogen-bond acceptors (Lipinski definition) is 3. The predicted octanol–water partition coefficient (Wildman–Crippen LogP) is 4.34. The summed E-state index contributed by atoms with van der Waals surface area (Å²) in [6.07, 6.45) is 0.869. The number of thioether (sulfide) groups is 1. The first kappa shape index (κ1) is 22.0. The van der Waals surface area contributed by atoms with Gasteiger partial charge in [-0.1, -0.05) is 48.9 Å². The molecule has 150 valence electrons. The van der Waals surface area contributed by atoms with E-state index in [1.54, 1.807) is 11.8 Å². The zero-order valence-electron chi connectivity index (χ0n) is 17.2. The van der Waals surface area contributed by atoms with Crippen LogP contribution in [0.4, 0.5) is 0 Å². The molecule has 2 rings (SSSR count). The van der Waals surface area contributed by atoms with Crippen molar-refractivity contribution < 1.29 is 9.59 Å². The smallest absolute Gasteiger partial charge is 0.242 e. The third kappa shape index (κ3) is 6.41. The van der Waals surface area contributed by atoms with E-state index in [-0.39, 0.29) is 11.8 Å². The number of amides is 2. The molecule has 4 nitrogen and oxygen atoms in total. The van der Waals surface area contributed by atoms with Crippen molar-refractivity contribution in [1.82, 2.24) is 10.2 Å². The Bertz CT molecular complexity index is 789. The first-order chi connectivity index (χ1) is 13.4. The monoisotopic (exact) mass is 398 g/mol. The van der Waals surface area contributed by atoms with Gasteiger partial charge in [-0.15, -0.1) is 11.8 Å². The second-order valence-electron chi connectivity index (χ2n) is 7.02. The Morgan fingerprint density at radius 3 is 2.39 bits per heavy atom. The van der Waals surface area contributed by atoms with Crippen LogP contribution in [0, 0.1) is 13.8 Å². The molecule has 1 N–H and O–H groups in total. The van der Waals surface area contributed by atoms with Crippen molar-refractivity contribution in [2.24, 2.45) is 0 Å². The van der Waals surface area contributed by atoms with Gasteiger partial charge < -0.3 is 10.2 Å². The molecule has 28 heavy (non-hydrogen) atoms. The first-order valence-electron chi connectivity index (χ1n) is 9.73. The molecule has 0 spiro atoms. The lowest BCUT2D eigenvalue weighted by atomic mass is 10.1. The normalized spacial score (nSPS) is 11.7. The molecule has 1 atom stereocenters. The highest BCUT2D eigenvalue weighted by molar-refractivity contribution is 8.00. The first-order valence-corrected chi connectivity index (χ1v) is 10.7. The van der Waals surface area contributed by atoms with E-state index in [0.29, 0.717) is 18.8 Å². The molecule has 0 bridgehead atoms. The average molecular weight is 399 g/mol. The molecule has 2 aromatic carbocycles. The van der Waals surface area contributed by atoms with E-state index in [1.165, 1.54) is 17.3 Å². The number of hydrogen-bond donors (Lipinski definition) is 1. The Morgan fingerprint density at radius 1 is 1.07 bits per heavy atom. The lowest BCUT2D eigenvalue weighted by Gasteiger charge is -2.29. The van der Waals surface area contributed by atoms with Crippen LogP contribution in [0.3, 0.4) is 0 Å². The fraction of sp³-hybridized carbons (Fsp3) is 0.391. The number of nitrogens with zero attached hydrogens (tertiary/aromatic N) is 1. The summed E-state index contributed by atoms with van der Waals surface area (Å²) in [7, 11) is 0. The van der Waals surface area contributed by atoms with Gasteiger partial charge in [-0.3, -0.25) is 9.59 Å².